The minimum absolute atomic E-state index is 0.304. The zero-order valence-electron chi connectivity index (χ0n) is 10.3. The lowest BCUT2D eigenvalue weighted by Gasteiger charge is -2.46. The second-order valence-corrected chi connectivity index (χ2v) is 5.35. The van der Waals surface area contributed by atoms with E-state index in [4.69, 9.17) is 4.74 Å². The van der Waals surface area contributed by atoms with Crippen molar-refractivity contribution in [1.82, 2.24) is 10.2 Å². The Hall–Kier alpha value is -0.120. The molecule has 2 aliphatic heterocycles. The van der Waals surface area contributed by atoms with Gasteiger partial charge in [0.2, 0.25) is 0 Å². The van der Waals surface area contributed by atoms with Crippen LogP contribution < -0.4 is 5.32 Å². The van der Waals surface area contributed by atoms with Gasteiger partial charge in [-0.3, -0.25) is 4.90 Å². The van der Waals surface area contributed by atoms with E-state index in [1.165, 1.54) is 25.8 Å². The van der Waals surface area contributed by atoms with E-state index in [0.717, 1.165) is 13.2 Å². The van der Waals surface area contributed by atoms with E-state index in [1.807, 2.05) is 0 Å². The second-order valence-electron chi connectivity index (χ2n) is 5.35. The predicted molar refractivity (Wildman–Crippen MR) is 62.1 cm³/mol. The average Bonchev–Trinajstić information content (AvgIpc) is 2.65. The number of ether oxygens (including phenoxy) is 1. The van der Waals surface area contributed by atoms with Crippen molar-refractivity contribution in [2.75, 3.05) is 26.8 Å². The van der Waals surface area contributed by atoms with Crippen molar-refractivity contribution in [2.24, 2.45) is 0 Å². The summed E-state index contributed by atoms with van der Waals surface area (Å²) in [5, 5.41) is 3.40. The first kappa shape index (κ1) is 11.4. The first-order valence-electron chi connectivity index (χ1n) is 6.17. The van der Waals surface area contributed by atoms with E-state index in [0.29, 0.717) is 17.6 Å². The Morgan fingerprint density at radius 2 is 2.27 bits per heavy atom. The standard InChI is InChI=1S/C12H24N2O/c1-10-8-11(13-3)4-6-14(10)12(2)5-7-15-9-12/h10-11,13H,4-9H2,1-3H3. The molecular formula is C12H24N2O. The van der Waals surface area contributed by atoms with Gasteiger partial charge in [0.1, 0.15) is 0 Å². The maximum Gasteiger partial charge on any atom is 0.0648 e. The van der Waals surface area contributed by atoms with Gasteiger partial charge in [-0.1, -0.05) is 0 Å². The maximum absolute atomic E-state index is 5.56. The van der Waals surface area contributed by atoms with Crippen molar-refractivity contribution in [3.05, 3.63) is 0 Å². The van der Waals surface area contributed by atoms with Crippen LogP contribution in [0.3, 0.4) is 0 Å². The Bertz CT molecular complexity index is 214. The van der Waals surface area contributed by atoms with Gasteiger partial charge in [-0.15, -0.1) is 0 Å². The van der Waals surface area contributed by atoms with Gasteiger partial charge in [0.25, 0.3) is 0 Å². The Labute approximate surface area is 93.2 Å². The molecule has 2 aliphatic rings. The number of hydrogen-bond acceptors (Lipinski definition) is 3. The van der Waals surface area contributed by atoms with Crippen LogP contribution in [0.5, 0.6) is 0 Å². The van der Waals surface area contributed by atoms with Crippen LogP contribution in [0.2, 0.25) is 0 Å². The topological polar surface area (TPSA) is 24.5 Å². The van der Waals surface area contributed by atoms with E-state index in [1.54, 1.807) is 0 Å². The molecule has 88 valence electrons. The van der Waals surface area contributed by atoms with Crippen molar-refractivity contribution >= 4 is 0 Å². The fraction of sp³-hybridized carbons (Fsp3) is 1.00. The molecule has 2 rings (SSSR count). The van der Waals surface area contributed by atoms with Gasteiger partial charge in [0.15, 0.2) is 0 Å². The van der Waals surface area contributed by atoms with E-state index >= 15 is 0 Å². The third-order valence-electron chi connectivity index (χ3n) is 4.18. The Kier molecular flexibility index (Phi) is 3.33. The third-order valence-corrected chi connectivity index (χ3v) is 4.18. The van der Waals surface area contributed by atoms with Crippen LogP contribution in [0.25, 0.3) is 0 Å². The molecule has 2 fully saturated rings. The van der Waals surface area contributed by atoms with Crippen LogP contribution in [0.1, 0.15) is 33.1 Å². The van der Waals surface area contributed by atoms with E-state index < -0.39 is 0 Å². The molecule has 2 heterocycles. The molecule has 0 aromatic heterocycles. The van der Waals surface area contributed by atoms with Gasteiger partial charge in [0.05, 0.1) is 6.61 Å². The van der Waals surface area contributed by atoms with Gasteiger partial charge < -0.3 is 10.1 Å². The van der Waals surface area contributed by atoms with Crippen molar-refractivity contribution in [3.8, 4) is 0 Å². The molecule has 0 radical (unpaired) electrons. The predicted octanol–water partition coefficient (Wildman–Crippen LogP) is 1.24. The second kappa shape index (κ2) is 4.40. The number of rotatable bonds is 2. The van der Waals surface area contributed by atoms with E-state index in [9.17, 15) is 0 Å². The summed E-state index contributed by atoms with van der Waals surface area (Å²) in [6, 6.07) is 1.39. The van der Waals surface area contributed by atoms with Crippen LogP contribution in [0.4, 0.5) is 0 Å². The molecule has 3 heteroatoms. The number of hydrogen-bond donors (Lipinski definition) is 1. The molecule has 0 aromatic rings. The lowest BCUT2D eigenvalue weighted by atomic mass is 9.90. The van der Waals surface area contributed by atoms with Crippen LogP contribution in [-0.4, -0.2) is 49.3 Å². The van der Waals surface area contributed by atoms with E-state index in [2.05, 4.69) is 31.1 Å². The zero-order chi connectivity index (χ0) is 10.9. The molecule has 2 saturated heterocycles. The SMILES string of the molecule is CNC1CCN(C2(C)CCOC2)C(C)C1. The van der Waals surface area contributed by atoms with Gasteiger partial charge in [0, 0.05) is 30.8 Å². The summed E-state index contributed by atoms with van der Waals surface area (Å²) in [6.07, 6.45) is 3.74. The van der Waals surface area contributed by atoms with Crippen LogP contribution in [0.15, 0.2) is 0 Å². The molecule has 0 spiro atoms. The van der Waals surface area contributed by atoms with Crippen LogP contribution in [-0.2, 0) is 4.74 Å². The van der Waals surface area contributed by atoms with Gasteiger partial charge in [-0.05, 0) is 40.2 Å². The van der Waals surface area contributed by atoms with Crippen molar-refractivity contribution in [2.45, 2.75) is 50.7 Å². The fourth-order valence-corrected chi connectivity index (χ4v) is 3.12. The van der Waals surface area contributed by atoms with Crippen molar-refractivity contribution < 1.29 is 4.74 Å². The minimum Gasteiger partial charge on any atom is -0.379 e. The summed E-state index contributed by atoms with van der Waals surface area (Å²) < 4.78 is 5.56. The number of nitrogens with one attached hydrogen (secondary N) is 1. The molecule has 0 aliphatic carbocycles. The monoisotopic (exact) mass is 212 g/mol. The first-order chi connectivity index (χ1) is 7.15. The Morgan fingerprint density at radius 1 is 1.47 bits per heavy atom. The molecule has 3 unspecified atom stereocenters. The molecule has 0 saturated carbocycles. The fourth-order valence-electron chi connectivity index (χ4n) is 3.12. The first-order valence-corrected chi connectivity index (χ1v) is 6.17. The zero-order valence-corrected chi connectivity index (χ0v) is 10.3. The number of nitrogens with zero attached hydrogens (tertiary/aromatic N) is 1. The highest BCUT2D eigenvalue weighted by atomic mass is 16.5. The Balaban J connectivity index is 1.98. The quantitative estimate of drug-likeness (QED) is 0.745. The van der Waals surface area contributed by atoms with Crippen LogP contribution in [0, 0.1) is 0 Å². The molecule has 0 amide bonds. The van der Waals surface area contributed by atoms with Crippen molar-refractivity contribution in [3.63, 3.8) is 0 Å². The molecule has 3 atom stereocenters. The Morgan fingerprint density at radius 3 is 2.80 bits per heavy atom. The summed E-state index contributed by atoms with van der Waals surface area (Å²) >= 11 is 0. The average molecular weight is 212 g/mol. The minimum atomic E-state index is 0.304. The molecule has 0 aromatic carbocycles. The maximum atomic E-state index is 5.56. The molecule has 1 N–H and O–H groups in total. The lowest BCUT2D eigenvalue weighted by molar-refractivity contribution is 0.0184. The summed E-state index contributed by atoms with van der Waals surface area (Å²) in [4.78, 5) is 2.66. The summed E-state index contributed by atoms with van der Waals surface area (Å²) in [5.74, 6) is 0. The normalized spacial score (nSPS) is 43.4. The highest BCUT2D eigenvalue weighted by molar-refractivity contribution is 4.96. The van der Waals surface area contributed by atoms with Gasteiger partial charge in [-0.25, -0.2) is 0 Å². The largest absolute Gasteiger partial charge is 0.379 e. The lowest BCUT2D eigenvalue weighted by Crippen LogP contribution is -2.57. The van der Waals surface area contributed by atoms with Crippen molar-refractivity contribution in [1.29, 1.82) is 0 Å². The van der Waals surface area contributed by atoms with Gasteiger partial charge >= 0.3 is 0 Å². The van der Waals surface area contributed by atoms with Gasteiger partial charge in [-0.2, -0.15) is 0 Å². The molecule has 15 heavy (non-hydrogen) atoms. The molecule has 3 nitrogen and oxygen atoms in total. The number of likely N-dealkylation sites (tertiary alicyclic amines) is 1. The third kappa shape index (κ3) is 2.19. The highest BCUT2D eigenvalue weighted by Crippen LogP contribution is 2.31. The summed E-state index contributed by atoms with van der Waals surface area (Å²) in [7, 11) is 2.08. The van der Waals surface area contributed by atoms with Crippen LogP contribution >= 0.6 is 0 Å². The summed E-state index contributed by atoms with van der Waals surface area (Å²) in [5.41, 5.74) is 0.304. The molecular weight excluding hydrogens is 188 g/mol. The number of piperidine rings is 1. The molecule has 0 bridgehead atoms. The summed E-state index contributed by atoms with van der Waals surface area (Å²) in [6.45, 7) is 7.78. The highest BCUT2D eigenvalue weighted by Gasteiger charge is 2.40. The van der Waals surface area contributed by atoms with E-state index in [-0.39, 0.29) is 0 Å². The smallest absolute Gasteiger partial charge is 0.0648 e.